The van der Waals surface area contributed by atoms with Crippen molar-refractivity contribution in [1.29, 1.82) is 0 Å². The molecule has 0 saturated heterocycles. The zero-order valence-electron chi connectivity index (χ0n) is 6.11. The van der Waals surface area contributed by atoms with Gasteiger partial charge in [0.05, 0.1) is 0 Å². The molecule has 0 amide bonds. The molecule has 0 aliphatic heterocycles. The average Bonchev–Trinajstić information content (AvgIpc) is 2.40. The van der Waals surface area contributed by atoms with E-state index in [9.17, 15) is 8.78 Å². The summed E-state index contributed by atoms with van der Waals surface area (Å²) in [6.07, 6.45) is 1.34. The van der Waals surface area contributed by atoms with E-state index in [1.54, 1.807) is 0 Å². The maximum atomic E-state index is 12.2. The van der Waals surface area contributed by atoms with Crippen LogP contribution in [0.5, 0.6) is 0 Å². The summed E-state index contributed by atoms with van der Waals surface area (Å²) in [5, 5.41) is 0. The highest BCUT2D eigenvalue weighted by atomic mass is 19.3. The Hall–Kier alpha value is -0.180. The number of rotatable bonds is 3. The predicted molar refractivity (Wildman–Crippen MR) is 35.9 cm³/mol. The van der Waals surface area contributed by atoms with Gasteiger partial charge in [-0.25, -0.2) is 8.78 Å². The highest BCUT2D eigenvalue weighted by Gasteiger charge is 2.56. The van der Waals surface area contributed by atoms with Crippen molar-refractivity contribution in [2.75, 3.05) is 0 Å². The molecule has 1 nitrogen and oxygen atoms in total. The van der Waals surface area contributed by atoms with Crippen LogP contribution in [0.15, 0.2) is 0 Å². The van der Waals surface area contributed by atoms with Crippen molar-refractivity contribution >= 4 is 0 Å². The van der Waals surface area contributed by atoms with Gasteiger partial charge >= 0.3 is 0 Å². The standard InChI is InChI=1S/C7H13F2N/c1-2-6(10)3-5-4-7(5,8)9/h5-6H,2-4,10H2,1H3/t5?,6-/m1/s1. The molecule has 1 aliphatic carbocycles. The van der Waals surface area contributed by atoms with E-state index in [-0.39, 0.29) is 12.5 Å². The second-order valence-electron chi connectivity index (χ2n) is 3.07. The number of alkyl halides is 2. The SMILES string of the molecule is CC[C@@H](N)CC1CC1(F)F. The number of nitrogens with two attached hydrogens (primary N) is 1. The van der Waals surface area contributed by atoms with E-state index in [0.29, 0.717) is 6.42 Å². The first-order valence-electron chi connectivity index (χ1n) is 3.69. The van der Waals surface area contributed by atoms with E-state index in [1.807, 2.05) is 6.92 Å². The zero-order valence-corrected chi connectivity index (χ0v) is 6.11. The van der Waals surface area contributed by atoms with Crippen LogP contribution in [-0.4, -0.2) is 12.0 Å². The van der Waals surface area contributed by atoms with E-state index in [4.69, 9.17) is 5.73 Å². The molecule has 3 heteroatoms. The van der Waals surface area contributed by atoms with Gasteiger partial charge in [-0.2, -0.15) is 0 Å². The third-order valence-electron chi connectivity index (χ3n) is 2.07. The second kappa shape index (κ2) is 2.46. The first kappa shape index (κ1) is 7.92. The Kier molecular flexibility index (Phi) is 1.95. The minimum Gasteiger partial charge on any atom is -0.328 e. The number of halogens is 2. The Morgan fingerprint density at radius 2 is 2.20 bits per heavy atom. The summed E-state index contributed by atoms with van der Waals surface area (Å²) in [7, 11) is 0. The Bertz CT molecular complexity index is 125. The van der Waals surface area contributed by atoms with Crippen molar-refractivity contribution in [3.63, 3.8) is 0 Å². The average molecular weight is 149 g/mol. The minimum absolute atomic E-state index is 0.0293. The van der Waals surface area contributed by atoms with Crippen LogP contribution in [0.4, 0.5) is 8.78 Å². The third kappa shape index (κ3) is 1.66. The zero-order chi connectivity index (χ0) is 7.78. The molecule has 0 spiro atoms. The van der Waals surface area contributed by atoms with Crippen molar-refractivity contribution < 1.29 is 8.78 Å². The molecule has 2 atom stereocenters. The summed E-state index contributed by atoms with van der Waals surface area (Å²) in [5.41, 5.74) is 5.50. The summed E-state index contributed by atoms with van der Waals surface area (Å²) in [6.45, 7) is 1.92. The van der Waals surface area contributed by atoms with Gasteiger partial charge in [0.1, 0.15) is 0 Å². The fourth-order valence-electron chi connectivity index (χ4n) is 1.06. The second-order valence-corrected chi connectivity index (χ2v) is 3.07. The highest BCUT2D eigenvalue weighted by Crippen LogP contribution is 2.51. The molecule has 1 aliphatic rings. The third-order valence-corrected chi connectivity index (χ3v) is 2.07. The molecule has 1 rings (SSSR count). The lowest BCUT2D eigenvalue weighted by Crippen LogP contribution is -2.20. The quantitative estimate of drug-likeness (QED) is 0.650. The van der Waals surface area contributed by atoms with Crippen molar-refractivity contribution in [3.05, 3.63) is 0 Å². The molecule has 10 heavy (non-hydrogen) atoms. The van der Waals surface area contributed by atoms with Crippen LogP contribution in [0.1, 0.15) is 26.2 Å². The van der Waals surface area contributed by atoms with Crippen molar-refractivity contribution in [2.45, 2.75) is 38.2 Å². The van der Waals surface area contributed by atoms with Crippen LogP contribution in [0.25, 0.3) is 0 Å². The Balaban J connectivity index is 2.17. The van der Waals surface area contributed by atoms with Crippen LogP contribution in [0, 0.1) is 5.92 Å². The first-order chi connectivity index (χ1) is 4.56. The molecule has 1 saturated carbocycles. The van der Waals surface area contributed by atoms with Crippen LogP contribution < -0.4 is 5.73 Å². The van der Waals surface area contributed by atoms with Crippen LogP contribution in [-0.2, 0) is 0 Å². The van der Waals surface area contributed by atoms with E-state index in [2.05, 4.69) is 0 Å². The summed E-state index contributed by atoms with van der Waals surface area (Å²) in [6, 6.07) is -0.0293. The van der Waals surface area contributed by atoms with Crippen molar-refractivity contribution in [1.82, 2.24) is 0 Å². The maximum absolute atomic E-state index is 12.2. The fourth-order valence-corrected chi connectivity index (χ4v) is 1.06. The topological polar surface area (TPSA) is 26.0 Å². The summed E-state index contributed by atoms with van der Waals surface area (Å²) in [5.74, 6) is -2.80. The molecule has 0 bridgehead atoms. The summed E-state index contributed by atoms with van der Waals surface area (Å²) in [4.78, 5) is 0. The summed E-state index contributed by atoms with van der Waals surface area (Å²) < 4.78 is 24.5. The van der Waals surface area contributed by atoms with E-state index in [1.165, 1.54) is 0 Å². The number of hydrogen-bond donors (Lipinski definition) is 1. The smallest absolute Gasteiger partial charge is 0.251 e. The molecule has 2 N–H and O–H groups in total. The van der Waals surface area contributed by atoms with Crippen LogP contribution in [0.2, 0.25) is 0 Å². The molecule has 0 aromatic heterocycles. The molecular weight excluding hydrogens is 136 g/mol. The Morgan fingerprint density at radius 1 is 1.70 bits per heavy atom. The molecule has 60 valence electrons. The Labute approximate surface area is 59.6 Å². The normalized spacial score (nSPS) is 31.8. The lowest BCUT2D eigenvalue weighted by molar-refractivity contribution is 0.0953. The first-order valence-corrected chi connectivity index (χ1v) is 3.69. The van der Waals surface area contributed by atoms with Crippen LogP contribution in [0.3, 0.4) is 0 Å². The molecule has 0 heterocycles. The molecule has 0 radical (unpaired) electrons. The summed E-state index contributed by atoms with van der Waals surface area (Å²) >= 11 is 0. The largest absolute Gasteiger partial charge is 0.328 e. The maximum Gasteiger partial charge on any atom is 0.251 e. The van der Waals surface area contributed by atoms with Crippen LogP contribution >= 0.6 is 0 Å². The van der Waals surface area contributed by atoms with E-state index < -0.39 is 11.8 Å². The van der Waals surface area contributed by atoms with Gasteiger partial charge in [0.25, 0.3) is 5.92 Å². The van der Waals surface area contributed by atoms with Gasteiger partial charge in [-0.3, -0.25) is 0 Å². The Morgan fingerprint density at radius 3 is 2.50 bits per heavy atom. The van der Waals surface area contributed by atoms with Gasteiger partial charge in [-0.05, 0) is 12.8 Å². The van der Waals surface area contributed by atoms with Gasteiger partial charge in [-0.1, -0.05) is 6.92 Å². The highest BCUT2D eigenvalue weighted by molar-refractivity contribution is 4.96. The lowest BCUT2D eigenvalue weighted by atomic mass is 10.1. The lowest BCUT2D eigenvalue weighted by Gasteiger charge is -2.05. The van der Waals surface area contributed by atoms with Crippen molar-refractivity contribution in [3.8, 4) is 0 Å². The molecule has 1 fully saturated rings. The predicted octanol–water partition coefficient (Wildman–Crippen LogP) is 1.77. The molecule has 1 unspecified atom stereocenters. The monoisotopic (exact) mass is 149 g/mol. The van der Waals surface area contributed by atoms with Crippen molar-refractivity contribution in [2.24, 2.45) is 11.7 Å². The van der Waals surface area contributed by atoms with E-state index in [0.717, 1.165) is 6.42 Å². The number of hydrogen-bond acceptors (Lipinski definition) is 1. The molecular formula is C7H13F2N. The molecule has 0 aromatic carbocycles. The van der Waals surface area contributed by atoms with Gasteiger partial charge in [-0.15, -0.1) is 0 Å². The van der Waals surface area contributed by atoms with Gasteiger partial charge in [0.15, 0.2) is 0 Å². The van der Waals surface area contributed by atoms with E-state index >= 15 is 0 Å². The fraction of sp³-hybridized carbons (Fsp3) is 1.00. The minimum atomic E-state index is -2.38. The van der Waals surface area contributed by atoms with Gasteiger partial charge in [0, 0.05) is 18.4 Å². The molecule has 0 aromatic rings. The van der Waals surface area contributed by atoms with Gasteiger partial charge < -0.3 is 5.73 Å². The van der Waals surface area contributed by atoms with Gasteiger partial charge in [0.2, 0.25) is 0 Å².